The van der Waals surface area contributed by atoms with Crippen LogP contribution in [0.5, 0.6) is 5.75 Å². The predicted octanol–water partition coefficient (Wildman–Crippen LogP) is 2.55. The normalized spacial score (nSPS) is 14.6. The molecule has 2 N–H and O–H groups in total. The van der Waals surface area contributed by atoms with Gasteiger partial charge in [0.05, 0.1) is 4.90 Å². The summed E-state index contributed by atoms with van der Waals surface area (Å²) in [5, 5.41) is 0. The lowest BCUT2D eigenvalue weighted by Gasteiger charge is -2.16. The minimum Gasteiger partial charge on any atom is -0.435 e. The van der Waals surface area contributed by atoms with Crippen LogP contribution in [0.3, 0.4) is 0 Å². The molecule has 0 radical (unpaired) electrons. The number of halogens is 2. The number of rotatable bonds is 7. The second kappa shape index (κ2) is 10.3. The Hall–Kier alpha value is -3.31. The largest absolute Gasteiger partial charge is 0.435 e. The quantitative estimate of drug-likeness (QED) is 0.483. The van der Waals surface area contributed by atoms with E-state index in [2.05, 4.69) is 15.6 Å². The van der Waals surface area contributed by atoms with Gasteiger partial charge in [0.2, 0.25) is 10.0 Å². The number of carbonyl (C=O) groups excluding carboxylic acids is 2. The summed E-state index contributed by atoms with van der Waals surface area (Å²) in [5.74, 6) is -1.34. The Morgan fingerprint density at radius 2 is 1.72 bits per heavy atom. The lowest BCUT2D eigenvalue weighted by Crippen LogP contribution is -2.40. The maximum absolute atomic E-state index is 12.6. The zero-order valence-electron chi connectivity index (χ0n) is 16.8. The third-order valence-electron chi connectivity index (χ3n) is 4.63. The summed E-state index contributed by atoms with van der Waals surface area (Å²) >= 11 is 0. The summed E-state index contributed by atoms with van der Waals surface area (Å²) in [4.78, 5) is 24.3. The molecule has 1 heterocycles. The second-order valence-electron chi connectivity index (χ2n) is 6.86. The van der Waals surface area contributed by atoms with Gasteiger partial charge in [-0.2, -0.15) is 13.1 Å². The highest BCUT2D eigenvalue weighted by Gasteiger charge is 2.27. The van der Waals surface area contributed by atoms with E-state index in [1.807, 2.05) is 0 Å². The van der Waals surface area contributed by atoms with E-state index >= 15 is 0 Å². The third kappa shape index (κ3) is 6.11. The van der Waals surface area contributed by atoms with Crippen molar-refractivity contribution in [1.82, 2.24) is 15.2 Å². The van der Waals surface area contributed by atoms with Gasteiger partial charge in [-0.25, -0.2) is 8.42 Å². The number of hydrogen-bond donors (Lipinski definition) is 2. The Balaban J connectivity index is 1.56. The number of benzene rings is 2. The summed E-state index contributed by atoms with van der Waals surface area (Å²) < 4.78 is 55.2. The van der Waals surface area contributed by atoms with Gasteiger partial charge in [0.25, 0.3) is 11.8 Å². The van der Waals surface area contributed by atoms with Gasteiger partial charge in [0, 0.05) is 24.7 Å². The van der Waals surface area contributed by atoms with Crippen LogP contribution in [0.25, 0.3) is 6.08 Å². The summed E-state index contributed by atoms with van der Waals surface area (Å²) in [7, 11) is -3.67. The van der Waals surface area contributed by atoms with Crippen molar-refractivity contribution in [1.29, 1.82) is 0 Å². The molecule has 1 aliphatic heterocycles. The number of carbonyl (C=O) groups is 2. The smallest absolute Gasteiger partial charge is 0.387 e. The van der Waals surface area contributed by atoms with E-state index in [1.54, 1.807) is 0 Å². The van der Waals surface area contributed by atoms with Crippen molar-refractivity contribution in [2.75, 3.05) is 13.1 Å². The van der Waals surface area contributed by atoms with Crippen LogP contribution in [0.15, 0.2) is 59.5 Å². The second-order valence-corrected chi connectivity index (χ2v) is 8.80. The van der Waals surface area contributed by atoms with Gasteiger partial charge in [0.15, 0.2) is 0 Å². The molecule has 0 saturated carbocycles. The molecule has 1 fully saturated rings. The first kappa shape index (κ1) is 23.4. The van der Waals surface area contributed by atoms with Crippen molar-refractivity contribution in [2.24, 2.45) is 0 Å². The highest BCUT2D eigenvalue weighted by Crippen LogP contribution is 2.21. The van der Waals surface area contributed by atoms with Gasteiger partial charge >= 0.3 is 6.61 Å². The molecule has 32 heavy (non-hydrogen) atoms. The van der Waals surface area contributed by atoms with Crippen molar-refractivity contribution in [3.63, 3.8) is 0 Å². The number of alkyl halides is 2. The minimum atomic E-state index is -3.67. The van der Waals surface area contributed by atoms with Crippen LogP contribution in [0.4, 0.5) is 8.78 Å². The maximum atomic E-state index is 12.6. The fraction of sp³-hybridized carbons (Fsp3) is 0.238. The molecule has 0 bridgehead atoms. The monoisotopic (exact) mass is 465 g/mol. The van der Waals surface area contributed by atoms with Gasteiger partial charge in [-0.05, 0) is 54.8 Å². The molecule has 1 saturated heterocycles. The number of hydrazine groups is 1. The van der Waals surface area contributed by atoms with Crippen molar-refractivity contribution in [2.45, 2.75) is 24.3 Å². The van der Waals surface area contributed by atoms with E-state index in [0.29, 0.717) is 18.7 Å². The molecular weight excluding hydrogens is 444 g/mol. The van der Waals surface area contributed by atoms with Gasteiger partial charge in [-0.15, -0.1) is 0 Å². The molecule has 170 valence electrons. The van der Waals surface area contributed by atoms with E-state index in [-0.39, 0.29) is 16.2 Å². The molecule has 2 aromatic carbocycles. The van der Waals surface area contributed by atoms with E-state index in [1.165, 1.54) is 58.9 Å². The molecule has 0 unspecified atom stereocenters. The predicted molar refractivity (Wildman–Crippen MR) is 112 cm³/mol. The van der Waals surface area contributed by atoms with Crippen molar-refractivity contribution in [3.8, 4) is 5.75 Å². The van der Waals surface area contributed by atoms with Gasteiger partial charge in [-0.3, -0.25) is 20.4 Å². The third-order valence-corrected chi connectivity index (χ3v) is 6.53. The molecule has 11 heteroatoms. The first-order chi connectivity index (χ1) is 15.3. The first-order valence-corrected chi connectivity index (χ1v) is 11.1. The number of nitrogens with one attached hydrogen (secondary N) is 2. The van der Waals surface area contributed by atoms with Crippen LogP contribution in [0.1, 0.15) is 28.8 Å². The Bertz CT molecular complexity index is 1100. The molecule has 0 aromatic heterocycles. The summed E-state index contributed by atoms with van der Waals surface area (Å²) in [6.07, 6.45) is 4.15. The van der Waals surface area contributed by atoms with Gasteiger partial charge < -0.3 is 4.74 Å². The molecule has 2 amide bonds. The van der Waals surface area contributed by atoms with Crippen LogP contribution in [-0.2, 0) is 14.8 Å². The Kier molecular flexibility index (Phi) is 7.54. The zero-order chi connectivity index (χ0) is 23.1. The fourth-order valence-corrected chi connectivity index (χ4v) is 4.60. The lowest BCUT2D eigenvalue weighted by atomic mass is 10.2. The summed E-state index contributed by atoms with van der Waals surface area (Å²) in [6.45, 7) is -2.03. The highest BCUT2D eigenvalue weighted by molar-refractivity contribution is 7.89. The van der Waals surface area contributed by atoms with Gasteiger partial charge in [-0.1, -0.05) is 18.2 Å². The van der Waals surface area contributed by atoms with E-state index in [9.17, 15) is 26.8 Å². The number of ether oxygens (including phenoxy) is 1. The fourth-order valence-electron chi connectivity index (χ4n) is 3.04. The summed E-state index contributed by atoms with van der Waals surface area (Å²) in [6, 6.07) is 11.2. The van der Waals surface area contributed by atoms with Crippen LogP contribution >= 0.6 is 0 Å². The van der Waals surface area contributed by atoms with Crippen molar-refractivity contribution < 1.29 is 31.5 Å². The zero-order valence-corrected chi connectivity index (χ0v) is 17.6. The topological polar surface area (TPSA) is 105 Å². The molecule has 0 aliphatic carbocycles. The van der Waals surface area contributed by atoms with Crippen LogP contribution < -0.4 is 15.6 Å². The first-order valence-electron chi connectivity index (χ1n) is 9.69. The van der Waals surface area contributed by atoms with Crippen LogP contribution in [-0.4, -0.2) is 44.2 Å². The minimum absolute atomic E-state index is 0.0113. The molecule has 0 spiro atoms. The Morgan fingerprint density at radius 1 is 1.03 bits per heavy atom. The lowest BCUT2D eigenvalue weighted by molar-refractivity contribution is -0.117. The van der Waals surface area contributed by atoms with E-state index < -0.39 is 28.4 Å². The SMILES string of the molecule is O=C(/C=C/c1ccc(OC(F)F)cc1)NNC(=O)c1cccc(S(=O)(=O)N2CCCC2)c1. The van der Waals surface area contributed by atoms with Gasteiger partial charge in [0.1, 0.15) is 5.75 Å². The maximum Gasteiger partial charge on any atom is 0.387 e. The average molecular weight is 465 g/mol. The standard InChI is InChI=1S/C21H21F2N3O5S/c22-21(23)31-17-9-6-15(7-10-17)8-11-19(27)24-25-20(28)16-4-3-5-18(14-16)32(29,30)26-12-1-2-13-26/h3-11,14,21H,1-2,12-13H2,(H,24,27)(H,25,28)/b11-8+. The van der Waals surface area contributed by atoms with E-state index in [0.717, 1.165) is 18.9 Å². The number of sulfonamides is 1. The highest BCUT2D eigenvalue weighted by atomic mass is 32.2. The molecule has 1 aliphatic rings. The van der Waals surface area contributed by atoms with E-state index in [4.69, 9.17) is 0 Å². The molecule has 2 aromatic rings. The number of nitrogens with zero attached hydrogens (tertiary/aromatic N) is 1. The van der Waals surface area contributed by atoms with Crippen molar-refractivity contribution >= 4 is 27.9 Å². The van der Waals surface area contributed by atoms with Crippen molar-refractivity contribution in [3.05, 3.63) is 65.7 Å². The molecule has 3 rings (SSSR count). The molecule has 8 nitrogen and oxygen atoms in total. The molecular formula is C21H21F2N3O5S. The number of amides is 2. The molecule has 0 atom stereocenters. The number of hydrogen-bond acceptors (Lipinski definition) is 5. The summed E-state index contributed by atoms with van der Waals surface area (Å²) in [5.41, 5.74) is 5.03. The van der Waals surface area contributed by atoms with Crippen LogP contribution in [0, 0.1) is 0 Å². The Morgan fingerprint density at radius 3 is 2.38 bits per heavy atom. The Labute approximate surface area is 183 Å². The van der Waals surface area contributed by atoms with Crippen LogP contribution in [0.2, 0.25) is 0 Å². The average Bonchev–Trinajstić information content (AvgIpc) is 3.32.